The predicted molar refractivity (Wildman–Crippen MR) is 78.3 cm³/mol. The van der Waals surface area contributed by atoms with Crippen molar-refractivity contribution in [2.45, 2.75) is 19.8 Å². The second kappa shape index (κ2) is 5.13. The summed E-state index contributed by atoms with van der Waals surface area (Å²) in [6, 6.07) is 8.63. The first-order valence-corrected chi connectivity index (χ1v) is 7.34. The molecule has 2 heterocycles. The molecule has 0 atom stereocenters. The van der Waals surface area contributed by atoms with Crippen LogP contribution in [0.2, 0.25) is 0 Å². The Balaban J connectivity index is 1.83. The van der Waals surface area contributed by atoms with Crippen molar-refractivity contribution in [1.29, 1.82) is 0 Å². The van der Waals surface area contributed by atoms with E-state index in [4.69, 9.17) is 0 Å². The van der Waals surface area contributed by atoms with Crippen molar-refractivity contribution in [3.63, 3.8) is 0 Å². The smallest absolute Gasteiger partial charge is 0.186 e. The molecule has 0 radical (unpaired) electrons. The quantitative estimate of drug-likeness (QED) is 0.788. The van der Waals surface area contributed by atoms with Crippen molar-refractivity contribution >= 4 is 22.8 Å². The Kier molecular flexibility index (Phi) is 3.34. The zero-order valence-corrected chi connectivity index (χ0v) is 11.7. The Morgan fingerprint density at radius 1 is 1.21 bits per heavy atom. The molecule has 1 aliphatic rings. The number of nitrogens with zero attached hydrogens (tertiary/aromatic N) is 2. The summed E-state index contributed by atoms with van der Waals surface area (Å²) in [4.78, 5) is 18.5. The zero-order valence-electron chi connectivity index (χ0n) is 10.9. The van der Waals surface area contributed by atoms with Gasteiger partial charge in [-0.1, -0.05) is 35.6 Å². The van der Waals surface area contributed by atoms with Gasteiger partial charge in [-0.15, -0.1) is 0 Å². The van der Waals surface area contributed by atoms with E-state index in [1.807, 2.05) is 6.92 Å². The average Bonchev–Trinajstić information content (AvgIpc) is 2.68. The molecule has 0 amide bonds. The van der Waals surface area contributed by atoms with Crippen molar-refractivity contribution in [2.75, 3.05) is 18.0 Å². The van der Waals surface area contributed by atoms with E-state index in [-0.39, 0.29) is 0 Å². The molecule has 3 nitrogen and oxygen atoms in total. The number of carbonyl (C=O) groups is 1. The predicted octanol–water partition coefficient (Wildman–Crippen LogP) is 2.87. The number of aryl methyl sites for hydroxylation is 1. The molecule has 0 bridgehead atoms. The highest BCUT2D eigenvalue weighted by atomic mass is 32.1. The Morgan fingerprint density at radius 3 is 2.37 bits per heavy atom. The monoisotopic (exact) mass is 272 g/mol. The molecule has 0 N–H and O–H groups in total. The van der Waals surface area contributed by atoms with Gasteiger partial charge in [0.05, 0.1) is 10.6 Å². The molecule has 0 saturated heterocycles. The van der Waals surface area contributed by atoms with Crippen LogP contribution in [0.25, 0.3) is 0 Å². The Morgan fingerprint density at radius 2 is 1.84 bits per heavy atom. The summed E-state index contributed by atoms with van der Waals surface area (Å²) in [5.41, 5.74) is 3.72. The van der Waals surface area contributed by atoms with Crippen molar-refractivity contribution in [3.05, 3.63) is 46.0 Å². The highest BCUT2D eigenvalue weighted by Gasteiger charge is 2.17. The van der Waals surface area contributed by atoms with Gasteiger partial charge < -0.3 is 4.90 Å². The molecule has 1 aliphatic heterocycles. The molecule has 0 spiro atoms. The van der Waals surface area contributed by atoms with Gasteiger partial charge in [0.1, 0.15) is 0 Å². The second-order valence-corrected chi connectivity index (χ2v) is 5.83. The van der Waals surface area contributed by atoms with Gasteiger partial charge in [0.25, 0.3) is 0 Å². The summed E-state index contributed by atoms with van der Waals surface area (Å²) in [6.07, 6.45) is 3.00. The van der Waals surface area contributed by atoms with Gasteiger partial charge in [0.15, 0.2) is 11.4 Å². The summed E-state index contributed by atoms with van der Waals surface area (Å²) >= 11 is 1.50. The molecule has 0 fully saturated rings. The number of thiazole rings is 1. The standard InChI is InChI=1S/C15H16N2OS/c1-11-14(10-18)19-15(16-11)17-8-6-12-4-2-3-5-13(12)7-9-17/h2-5,10H,6-9H2,1H3. The van der Waals surface area contributed by atoms with E-state index in [9.17, 15) is 4.79 Å². The van der Waals surface area contributed by atoms with Crippen LogP contribution in [0.5, 0.6) is 0 Å². The number of carbonyl (C=O) groups excluding carboxylic acids is 1. The third-order valence-corrected chi connectivity index (χ3v) is 4.76. The molecule has 19 heavy (non-hydrogen) atoms. The lowest BCUT2D eigenvalue weighted by molar-refractivity contribution is 0.112. The minimum absolute atomic E-state index is 0.747. The van der Waals surface area contributed by atoms with Gasteiger partial charge in [0, 0.05) is 13.1 Å². The number of aromatic nitrogens is 1. The van der Waals surface area contributed by atoms with Gasteiger partial charge in [-0.2, -0.15) is 0 Å². The van der Waals surface area contributed by atoms with Crippen LogP contribution in [-0.4, -0.2) is 24.4 Å². The van der Waals surface area contributed by atoms with E-state index in [1.54, 1.807) is 0 Å². The third-order valence-electron chi connectivity index (χ3n) is 3.62. The molecule has 1 aromatic heterocycles. The molecule has 0 aliphatic carbocycles. The van der Waals surface area contributed by atoms with E-state index < -0.39 is 0 Å². The second-order valence-electron chi connectivity index (χ2n) is 4.82. The number of aldehydes is 1. The van der Waals surface area contributed by atoms with Crippen LogP contribution < -0.4 is 4.90 Å². The van der Waals surface area contributed by atoms with Gasteiger partial charge in [0.2, 0.25) is 0 Å². The maximum absolute atomic E-state index is 10.9. The topological polar surface area (TPSA) is 33.2 Å². The van der Waals surface area contributed by atoms with Gasteiger partial charge in [-0.05, 0) is 30.9 Å². The van der Waals surface area contributed by atoms with Crippen LogP contribution in [0.4, 0.5) is 5.13 Å². The van der Waals surface area contributed by atoms with E-state index in [1.165, 1.54) is 22.5 Å². The van der Waals surface area contributed by atoms with E-state index >= 15 is 0 Å². The molecule has 0 unspecified atom stereocenters. The van der Waals surface area contributed by atoms with Crippen LogP contribution in [0.1, 0.15) is 26.5 Å². The van der Waals surface area contributed by atoms with Crippen molar-refractivity contribution in [1.82, 2.24) is 4.98 Å². The molecule has 0 saturated carbocycles. The van der Waals surface area contributed by atoms with Gasteiger partial charge in [-0.25, -0.2) is 4.98 Å². The molecule has 98 valence electrons. The van der Waals surface area contributed by atoms with Crippen LogP contribution in [0, 0.1) is 6.92 Å². The number of fused-ring (bicyclic) bond motifs is 1. The lowest BCUT2D eigenvalue weighted by Gasteiger charge is -2.18. The highest BCUT2D eigenvalue weighted by Crippen LogP contribution is 2.27. The first-order valence-electron chi connectivity index (χ1n) is 6.52. The average molecular weight is 272 g/mol. The Hall–Kier alpha value is -1.68. The van der Waals surface area contributed by atoms with E-state index in [0.717, 1.165) is 47.9 Å². The minimum Gasteiger partial charge on any atom is -0.347 e. The van der Waals surface area contributed by atoms with Crippen molar-refractivity contribution < 1.29 is 4.79 Å². The van der Waals surface area contributed by atoms with Crippen molar-refractivity contribution in [2.24, 2.45) is 0 Å². The number of hydrogen-bond acceptors (Lipinski definition) is 4. The Labute approximate surface area is 116 Å². The molecular weight excluding hydrogens is 256 g/mol. The SMILES string of the molecule is Cc1nc(N2CCc3ccccc3CC2)sc1C=O. The summed E-state index contributed by atoms with van der Waals surface area (Å²) in [5.74, 6) is 0. The summed E-state index contributed by atoms with van der Waals surface area (Å²) in [6.45, 7) is 3.85. The summed E-state index contributed by atoms with van der Waals surface area (Å²) in [7, 11) is 0. The fourth-order valence-electron chi connectivity index (χ4n) is 2.50. The largest absolute Gasteiger partial charge is 0.347 e. The minimum atomic E-state index is 0.747. The van der Waals surface area contributed by atoms with Gasteiger partial charge in [-0.3, -0.25) is 4.79 Å². The maximum atomic E-state index is 10.9. The molecular formula is C15H16N2OS. The Bertz CT molecular complexity index is 579. The van der Waals surface area contributed by atoms with E-state index in [2.05, 4.69) is 34.1 Å². The number of anilines is 1. The van der Waals surface area contributed by atoms with Crippen LogP contribution in [0.15, 0.2) is 24.3 Å². The zero-order chi connectivity index (χ0) is 13.2. The lowest BCUT2D eigenvalue weighted by atomic mass is 10.0. The molecule has 1 aromatic carbocycles. The summed E-state index contributed by atoms with van der Waals surface area (Å²) < 4.78 is 0. The van der Waals surface area contributed by atoms with Crippen molar-refractivity contribution in [3.8, 4) is 0 Å². The third kappa shape index (κ3) is 2.40. The number of rotatable bonds is 2. The summed E-state index contributed by atoms with van der Waals surface area (Å²) in [5, 5.41) is 0.979. The fraction of sp³-hybridized carbons (Fsp3) is 0.333. The van der Waals surface area contributed by atoms with Crippen LogP contribution >= 0.6 is 11.3 Å². The first kappa shape index (κ1) is 12.4. The normalized spacial score (nSPS) is 14.9. The first-order chi connectivity index (χ1) is 9.28. The maximum Gasteiger partial charge on any atom is 0.186 e. The molecule has 3 rings (SSSR count). The molecule has 4 heteroatoms. The van der Waals surface area contributed by atoms with Crippen LogP contribution in [0.3, 0.4) is 0 Å². The van der Waals surface area contributed by atoms with Gasteiger partial charge >= 0.3 is 0 Å². The fourth-order valence-corrected chi connectivity index (χ4v) is 3.43. The highest BCUT2D eigenvalue weighted by molar-refractivity contribution is 7.17. The molecule has 2 aromatic rings. The number of benzene rings is 1. The lowest BCUT2D eigenvalue weighted by Crippen LogP contribution is -2.25. The van der Waals surface area contributed by atoms with Crippen LogP contribution in [-0.2, 0) is 12.8 Å². The number of hydrogen-bond donors (Lipinski definition) is 0. The van der Waals surface area contributed by atoms with E-state index in [0.29, 0.717) is 0 Å².